The van der Waals surface area contributed by atoms with Crippen LogP contribution in [0.25, 0.3) is 0 Å². The van der Waals surface area contributed by atoms with E-state index in [1.54, 1.807) is 13.2 Å². The number of amides is 2. The summed E-state index contributed by atoms with van der Waals surface area (Å²) in [6.07, 6.45) is 13.4. The average molecular weight is 569 g/mol. The number of fused-ring (bicyclic) bond motifs is 5. The van der Waals surface area contributed by atoms with Crippen LogP contribution in [0, 0.1) is 28.6 Å². The van der Waals surface area contributed by atoms with Crippen molar-refractivity contribution in [2.24, 2.45) is 28.6 Å². The number of alkyl carbamates (subject to hydrolysis) is 1. The SMILES string of the molecule is CC(=O)NC1CCC(NC(=O)O[C@H]2CC[C@@]3(C)[C@H](CC[C@@H]4[C@@H]3CC[C@]3(C)[C@@H](c5ccc(=O)oc5)CC[C@]43O)C2)CC1. The van der Waals surface area contributed by atoms with Gasteiger partial charge in [0.25, 0.3) is 0 Å². The zero-order valence-electron chi connectivity index (χ0n) is 25.0. The lowest BCUT2D eigenvalue weighted by Gasteiger charge is -2.63. The van der Waals surface area contributed by atoms with Gasteiger partial charge in [-0.1, -0.05) is 13.8 Å². The third-order valence-electron chi connectivity index (χ3n) is 12.7. The largest absolute Gasteiger partial charge is 0.446 e. The number of carbonyl (C=O) groups is 2. The molecule has 5 aliphatic carbocycles. The van der Waals surface area contributed by atoms with E-state index in [1.807, 2.05) is 6.07 Å². The van der Waals surface area contributed by atoms with Crippen LogP contribution >= 0.6 is 0 Å². The molecule has 0 aliphatic heterocycles. The molecule has 8 heteroatoms. The average Bonchev–Trinajstić information content (AvgIpc) is 3.21. The molecule has 0 spiro atoms. The summed E-state index contributed by atoms with van der Waals surface area (Å²) in [5, 5.41) is 18.5. The fraction of sp³-hybridized carbons (Fsp3) is 0.788. The Balaban J connectivity index is 1.07. The van der Waals surface area contributed by atoms with Crippen molar-refractivity contribution < 1.29 is 23.8 Å². The van der Waals surface area contributed by atoms with Crippen LogP contribution in [0.3, 0.4) is 0 Å². The minimum absolute atomic E-state index is 0.00589. The lowest BCUT2D eigenvalue weighted by Crippen LogP contribution is -2.62. The third-order valence-corrected chi connectivity index (χ3v) is 12.7. The third kappa shape index (κ3) is 5.02. The smallest absolute Gasteiger partial charge is 0.407 e. The van der Waals surface area contributed by atoms with E-state index in [2.05, 4.69) is 24.5 Å². The highest BCUT2D eigenvalue weighted by Gasteiger charge is 2.67. The molecule has 0 radical (unpaired) electrons. The van der Waals surface area contributed by atoms with Gasteiger partial charge >= 0.3 is 11.7 Å². The maximum Gasteiger partial charge on any atom is 0.407 e. The highest BCUT2D eigenvalue weighted by atomic mass is 16.6. The number of ether oxygens (including phenoxy) is 1. The lowest BCUT2D eigenvalue weighted by molar-refractivity contribution is -0.205. The molecule has 0 aromatic carbocycles. The van der Waals surface area contributed by atoms with Crippen LogP contribution in [0.5, 0.6) is 0 Å². The van der Waals surface area contributed by atoms with E-state index in [1.165, 1.54) is 6.07 Å². The van der Waals surface area contributed by atoms with Crippen LogP contribution in [-0.2, 0) is 9.53 Å². The molecule has 1 aromatic rings. The van der Waals surface area contributed by atoms with Crippen LogP contribution in [0.1, 0.15) is 116 Å². The van der Waals surface area contributed by atoms with Gasteiger partial charge in [0.05, 0.1) is 11.9 Å². The van der Waals surface area contributed by atoms with Gasteiger partial charge in [0, 0.05) is 30.5 Å². The molecule has 0 saturated heterocycles. The number of hydrogen-bond donors (Lipinski definition) is 3. The molecule has 8 nitrogen and oxygen atoms in total. The van der Waals surface area contributed by atoms with Crippen molar-refractivity contribution in [2.75, 3.05) is 0 Å². The first kappa shape index (κ1) is 28.8. The Kier molecular flexibility index (Phi) is 7.53. The van der Waals surface area contributed by atoms with Crippen LogP contribution in [-0.4, -0.2) is 40.9 Å². The molecule has 1 aromatic heterocycles. The minimum Gasteiger partial charge on any atom is -0.446 e. The summed E-state index contributed by atoms with van der Waals surface area (Å²) in [5.74, 6) is 1.45. The maximum absolute atomic E-state index is 12.8. The van der Waals surface area contributed by atoms with Gasteiger partial charge in [-0.25, -0.2) is 9.59 Å². The molecular weight excluding hydrogens is 520 g/mol. The summed E-state index contributed by atoms with van der Waals surface area (Å²) in [4.78, 5) is 35.7. The highest BCUT2D eigenvalue weighted by molar-refractivity contribution is 5.73. The second-order valence-corrected chi connectivity index (χ2v) is 14.5. The molecule has 5 fully saturated rings. The summed E-state index contributed by atoms with van der Waals surface area (Å²) in [6.45, 7) is 6.27. The van der Waals surface area contributed by atoms with Crippen LogP contribution in [0.15, 0.2) is 27.6 Å². The molecule has 5 aliphatic rings. The zero-order chi connectivity index (χ0) is 29.0. The highest BCUT2D eigenvalue weighted by Crippen LogP contribution is 2.70. The number of hydrogen-bond acceptors (Lipinski definition) is 6. The van der Waals surface area contributed by atoms with Gasteiger partial charge in [0.1, 0.15) is 6.10 Å². The number of rotatable bonds is 4. The monoisotopic (exact) mass is 568 g/mol. The van der Waals surface area contributed by atoms with E-state index < -0.39 is 5.60 Å². The van der Waals surface area contributed by atoms with Crippen molar-refractivity contribution in [3.63, 3.8) is 0 Å². The van der Waals surface area contributed by atoms with Gasteiger partial charge in [-0.05, 0) is 124 Å². The van der Waals surface area contributed by atoms with Crippen LogP contribution in [0.4, 0.5) is 4.79 Å². The van der Waals surface area contributed by atoms with Crippen molar-refractivity contribution >= 4 is 12.0 Å². The molecule has 2 amide bonds. The Morgan fingerprint density at radius 2 is 1.63 bits per heavy atom. The first-order valence-electron chi connectivity index (χ1n) is 16.1. The van der Waals surface area contributed by atoms with E-state index >= 15 is 0 Å². The Bertz CT molecular complexity index is 1190. The fourth-order valence-corrected chi connectivity index (χ4v) is 10.4. The summed E-state index contributed by atoms with van der Waals surface area (Å²) >= 11 is 0. The van der Waals surface area contributed by atoms with Gasteiger partial charge in [-0.15, -0.1) is 0 Å². The summed E-state index contributed by atoms with van der Waals surface area (Å²) in [5.41, 5.74) is -0.0766. The first-order chi connectivity index (χ1) is 19.5. The van der Waals surface area contributed by atoms with E-state index in [4.69, 9.17) is 9.15 Å². The predicted octanol–water partition coefficient (Wildman–Crippen LogP) is 5.42. The fourth-order valence-electron chi connectivity index (χ4n) is 10.4. The second-order valence-electron chi connectivity index (χ2n) is 14.5. The van der Waals surface area contributed by atoms with Gasteiger partial charge < -0.3 is 24.9 Å². The van der Waals surface area contributed by atoms with Crippen molar-refractivity contribution in [2.45, 2.75) is 134 Å². The lowest BCUT2D eigenvalue weighted by atomic mass is 9.43. The minimum atomic E-state index is -0.711. The van der Waals surface area contributed by atoms with E-state index in [0.29, 0.717) is 11.8 Å². The first-order valence-corrected chi connectivity index (χ1v) is 16.1. The van der Waals surface area contributed by atoms with Gasteiger partial charge in [-0.2, -0.15) is 0 Å². The van der Waals surface area contributed by atoms with E-state index in [9.17, 15) is 19.5 Å². The van der Waals surface area contributed by atoms with Crippen molar-refractivity contribution in [1.29, 1.82) is 0 Å². The van der Waals surface area contributed by atoms with Crippen LogP contribution in [0.2, 0.25) is 0 Å². The molecule has 41 heavy (non-hydrogen) atoms. The molecule has 3 N–H and O–H groups in total. The Labute approximate surface area is 243 Å². The summed E-state index contributed by atoms with van der Waals surface area (Å²) in [7, 11) is 0. The standard InChI is InChI=1S/C33H48N2O6/c1-20(36)34-23-6-8-24(9-7-23)35-30(38)41-25-12-15-31(2)22(18-25)5-10-28-27(31)13-16-32(3)26(14-17-33(28,32)39)21-4-11-29(37)40-19-21/h4,11,19,22-28,39H,5-10,12-18H2,1-3H3,(H,34,36)(H,35,38)/t22-,23?,24?,25+,26-,27+,28-,31+,32-,33+/m1/s1. The topological polar surface area (TPSA) is 118 Å². The summed E-state index contributed by atoms with van der Waals surface area (Å²) < 4.78 is 11.2. The molecule has 0 bridgehead atoms. The van der Waals surface area contributed by atoms with Crippen LogP contribution < -0.4 is 16.3 Å². The molecule has 1 heterocycles. The van der Waals surface area contributed by atoms with Gasteiger partial charge in [0.15, 0.2) is 0 Å². The molecule has 8 atom stereocenters. The molecule has 226 valence electrons. The molecular formula is C33H48N2O6. The maximum atomic E-state index is 12.8. The van der Waals surface area contributed by atoms with Crippen molar-refractivity contribution in [1.82, 2.24) is 10.6 Å². The second kappa shape index (κ2) is 10.7. The van der Waals surface area contributed by atoms with Crippen molar-refractivity contribution in [3.05, 3.63) is 34.4 Å². The molecule has 5 saturated carbocycles. The Morgan fingerprint density at radius 1 is 0.902 bits per heavy atom. The van der Waals surface area contributed by atoms with Gasteiger partial charge in [-0.3, -0.25) is 4.79 Å². The molecule has 0 unspecified atom stereocenters. The van der Waals surface area contributed by atoms with E-state index in [-0.39, 0.29) is 58.5 Å². The number of nitrogens with one attached hydrogen (secondary N) is 2. The Morgan fingerprint density at radius 3 is 2.32 bits per heavy atom. The van der Waals surface area contributed by atoms with Gasteiger partial charge in [0.2, 0.25) is 5.91 Å². The Hall–Kier alpha value is -2.35. The zero-order valence-corrected chi connectivity index (χ0v) is 25.0. The predicted molar refractivity (Wildman–Crippen MR) is 154 cm³/mol. The molecule has 6 rings (SSSR count). The normalized spacial score (nSPS) is 43.7. The number of aliphatic hydroxyl groups is 1. The summed E-state index contributed by atoms with van der Waals surface area (Å²) in [6, 6.07) is 3.72. The van der Waals surface area contributed by atoms with E-state index in [0.717, 1.165) is 89.0 Å². The quantitative estimate of drug-likeness (QED) is 0.446. The number of carbonyl (C=O) groups excluding carboxylic acids is 2. The van der Waals surface area contributed by atoms with Crippen molar-refractivity contribution in [3.8, 4) is 0 Å².